The molecule has 0 aromatic heterocycles. The van der Waals surface area contributed by atoms with Crippen LogP contribution >= 0.6 is 0 Å². The number of benzene rings is 3. The molecular weight excluding hydrogens is 350 g/mol. The number of urea groups is 1. The Balaban J connectivity index is 1.31. The van der Waals surface area contributed by atoms with Gasteiger partial charge in [0.2, 0.25) is 0 Å². The summed E-state index contributed by atoms with van der Waals surface area (Å²) in [7, 11) is 0. The van der Waals surface area contributed by atoms with Crippen molar-refractivity contribution in [3.8, 4) is 0 Å². The molecule has 0 bridgehead atoms. The largest absolute Gasteiger partial charge is 0.379 e. The lowest BCUT2D eigenvalue weighted by molar-refractivity contribution is 0.0342. The van der Waals surface area contributed by atoms with Crippen LogP contribution in [0.3, 0.4) is 0 Å². The van der Waals surface area contributed by atoms with Crippen LogP contribution in [0.1, 0.15) is 11.1 Å². The molecule has 144 valence electrons. The topological polar surface area (TPSA) is 53.6 Å². The second-order valence-electron chi connectivity index (χ2n) is 7.08. The summed E-state index contributed by atoms with van der Waals surface area (Å²) in [5, 5.41) is 8.12. The van der Waals surface area contributed by atoms with Gasteiger partial charge < -0.3 is 15.4 Å². The second kappa shape index (κ2) is 8.87. The number of morpholine rings is 1. The van der Waals surface area contributed by atoms with Gasteiger partial charge in [0.15, 0.2) is 0 Å². The van der Waals surface area contributed by atoms with Crippen LogP contribution in [-0.2, 0) is 17.8 Å². The van der Waals surface area contributed by atoms with E-state index in [1.165, 1.54) is 5.56 Å². The van der Waals surface area contributed by atoms with Crippen molar-refractivity contribution in [3.05, 3.63) is 77.9 Å². The number of hydrogen-bond donors (Lipinski definition) is 2. The normalized spacial score (nSPS) is 14.7. The average Bonchev–Trinajstić information content (AvgIpc) is 2.73. The van der Waals surface area contributed by atoms with Crippen LogP contribution in [0.15, 0.2) is 66.7 Å². The van der Waals surface area contributed by atoms with Gasteiger partial charge in [0, 0.05) is 31.9 Å². The Kier molecular flexibility index (Phi) is 5.85. The number of anilines is 1. The van der Waals surface area contributed by atoms with Crippen LogP contribution < -0.4 is 10.6 Å². The number of fused-ring (bicyclic) bond motifs is 1. The van der Waals surface area contributed by atoms with Crippen molar-refractivity contribution in [1.29, 1.82) is 0 Å². The molecule has 3 aromatic rings. The first-order chi connectivity index (χ1) is 13.8. The molecule has 1 fully saturated rings. The van der Waals surface area contributed by atoms with Gasteiger partial charge in [0.25, 0.3) is 0 Å². The van der Waals surface area contributed by atoms with E-state index in [4.69, 9.17) is 4.74 Å². The summed E-state index contributed by atoms with van der Waals surface area (Å²) in [6.07, 6.45) is 0. The highest BCUT2D eigenvalue weighted by molar-refractivity contribution is 5.93. The molecule has 1 saturated heterocycles. The predicted octanol–water partition coefficient (Wildman–Crippen LogP) is 3.99. The van der Waals surface area contributed by atoms with E-state index in [1.807, 2.05) is 48.5 Å². The minimum atomic E-state index is -0.200. The van der Waals surface area contributed by atoms with Gasteiger partial charge in [-0.1, -0.05) is 54.6 Å². The summed E-state index contributed by atoms with van der Waals surface area (Å²) in [6.45, 7) is 4.95. The first kappa shape index (κ1) is 18.5. The number of nitrogens with zero attached hydrogens (tertiary/aromatic N) is 1. The molecule has 0 spiro atoms. The van der Waals surface area contributed by atoms with Crippen molar-refractivity contribution >= 4 is 22.5 Å². The minimum Gasteiger partial charge on any atom is -0.379 e. The number of ether oxygens (including phenoxy) is 1. The van der Waals surface area contributed by atoms with Gasteiger partial charge in [-0.05, 0) is 34.0 Å². The molecule has 1 aliphatic rings. The van der Waals surface area contributed by atoms with E-state index in [-0.39, 0.29) is 6.03 Å². The molecule has 0 radical (unpaired) electrons. The highest BCUT2D eigenvalue weighted by Crippen LogP contribution is 2.18. The standard InChI is InChI=1S/C23H25N3O2/c27-23(25-22-9-8-20-6-1-2-7-21(20)15-22)24-16-18-4-3-5-19(14-18)17-26-10-12-28-13-11-26/h1-9,14-15H,10-13,16-17H2,(H2,24,25,27). The molecule has 1 heterocycles. The highest BCUT2D eigenvalue weighted by Gasteiger charge is 2.11. The van der Waals surface area contributed by atoms with Crippen LogP contribution in [-0.4, -0.2) is 37.2 Å². The summed E-state index contributed by atoms with van der Waals surface area (Å²) in [5.41, 5.74) is 3.15. The summed E-state index contributed by atoms with van der Waals surface area (Å²) in [5.74, 6) is 0. The van der Waals surface area contributed by atoms with Crippen molar-refractivity contribution < 1.29 is 9.53 Å². The molecule has 2 N–H and O–H groups in total. The maximum Gasteiger partial charge on any atom is 0.319 e. The molecule has 2 amide bonds. The third-order valence-electron chi connectivity index (χ3n) is 4.96. The van der Waals surface area contributed by atoms with Crippen LogP contribution in [0, 0.1) is 0 Å². The van der Waals surface area contributed by atoms with E-state index in [9.17, 15) is 4.79 Å². The van der Waals surface area contributed by atoms with Crippen molar-refractivity contribution in [1.82, 2.24) is 10.2 Å². The van der Waals surface area contributed by atoms with Crippen molar-refractivity contribution in [2.45, 2.75) is 13.1 Å². The van der Waals surface area contributed by atoms with Crippen LogP contribution in [0.5, 0.6) is 0 Å². The van der Waals surface area contributed by atoms with Gasteiger partial charge in [-0.15, -0.1) is 0 Å². The monoisotopic (exact) mass is 375 g/mol. The van der Waals surface area contributed by atoms with E-state index in [2.05, 4.69) is 33.7 Å². The SMILES string of the molecule is O=C(NCc1cccc(CN2CCOCC2)c1)Nc1ccc2ccccc2c1. The van der Waals surface area contributed by atoms with Gasteiger partial charge in [-0.3, -0.25) is 4.90 Å². The van der Waals surface area contributed by atoms with Crippen molar-refractivity contribution in [2.24, 2.45) is 0 Å². The lowest BCUT2D eigenvalue weighted by Gasteiger charge is -2.26. The Morgan fingerprint density at radius 1 is 0.893 bits per heavy atom. The van der Waals surface area contributed by atoms with E-state index in [0.29, 0.717) is 6.54 Å². The van der Waals surface area contributed by atoms with Crippen LogP contribution in [0.4, 0.5) is 10.5 Å². The Morgan fingerprint density at radius 3 is 2.54 bits per heavy atom. The molecular formula is C23H25N3O2. The van der Waals surface area contributed by atoms with Gasteiger partial charge in [-0.2, -0.15) is 0 Å². The number of nitrogens with one attached hydrogen (secondary N) is 2. The Labute approximate surface area is 165 Å². The van der Waals surface area contributed by atoms with Crippen LogP contribution in [0.2, 0.25) is 0 Å². The van der Waals surface area contributed by atoms with Gasteiger partial charge >= 0.3 is 6.03 Å². The van der Waals surface area contributed by atoms with E-state index in [1.54, 1.807) is 0 Å². The minimum absolute atomic E-state index is 0.200. The summed E-state index contributed by atoms with van der Waals surface area (Å²) < 4.78 is 5.40. The van der Waals surface area contributed by atoms with Gasteiger partial charge in [-0.25, -0.2) is 4.79 Å². The average molecular weight is 375 g/mol. The fraction of sp³-hybridized carbons (Fsp3) is 0.261. The molecule has 5 heteroatoms. The number of amides is 2. The van der Waals surface area contributed by atoms with Crippen molar-refractivity contribution in [3.63, 3.8) is 0 Å². The van der Waals surface area contributed by atoms with E-state index < -0.39 is 0 Å². The first-order valence-corrected chi connectivity index (χ1v) is 9.68. The molecule has 28 heavy (non-hydrogen) atoms. The Morgan fingerprint density at radius 2 is 1.68 bits per heavy atom. The molecule has 0 unspecified atom stereocenters. The molecule has 5 nitrogen and oxygen atoms in total. The third kappa shape index (κ3) is 4.88. The summed E-state index contributed by atoms with van der Waals surface area (Å²) in [4.78, 5) is 14.7. The molecule has 1 aliphatic heterocycles. The third-order valence-corrected chi connectivity index (χ3v) is 4.96. The highest BCUT2D eigenvalue weighted by atomic mass is 16.5. The molecule has 0 saturated carbocycles. The number of carbonyl (C=O) groups excluding carboxylic acids is 1. The quantitative estimate of drug-likeness (QED) is 0.709. The van der Waals surface area contributed by atoms with E-state index in [0.717, 1.165) is 54.9 Å². The number of hydrogen-bond acceptors (Lipinski definition) is 3. The maximum absolute atomic E-state index is 12.3. The van der Waals surface area contributed by atoms with Gasteiger partial charge in [0.1, 0.15) is 0 Å². The second-order valence-corrected chi connectivity index (χ2v) is 7.08. The zero-order chi connectivity index (χ0) is 19.2. The summed E-state index contributed by atoms with van der Waals surface area (Å²) in [6, 6.07) is 22.2. The number of rotatable bonds is 5. The van der Waals surface area contributed by atoms with Crippen molar-refractivity contribution in [2.75, 3.05) is 31.6 Å². The van der Waals surface area contributed by atoms with Crippen LogP contribution in [0.25, 0.3) is 10.8 Å². The Bertz CT molecular complexity index is 951. The first-order valence-electron chi connectivity index (χ1n) is 9.68. The predicted molar refractivity (Wildman–Crippen MR) is 112 cm³/mol. The maximum atomic E-state index is 12.3. The van der Waals surface area contributed by atoms with E-state index >= 15 is 0 Å². The zero-order valence-corrected chi connectivity index (χ0v) is 15.9. The molecule has 0 atom stereocenters. The molecule has 4 rings (SSSR count). The lowest BCUT2D eigenvalue weighted by atomic mass is 10.1. The smallest absolute Gasteiger partial charge is 0.319 e. The zero-order valence-electron chi connectivity index (χ0n) is 15.9. The molecule has 3 aromatic carbocycles. The van der Waals surface area contributed by atoms with Gasteiger partial charge in [0.05, 0.1) is 13.2 Å². The molecule has 0 aliphatic carbocycles. The summed E-state index contributed by atoms with van der Waals surface area (Å²) >= 11 is 0. The fourth-order valence-corrected chi connectivity index (χ4v) is 3.48. The number of carbonyl (C=O) groups is 1. The lowest BCUT2D eigenvalue weighted by Crippen LogP contribution is -2.35. The fourth-order valence-electron chi connectivity index (χ4n) is 3.48. The Hall–Kier alpha value is -2.89.